The third-order valence-corrected chi connectivity index (χ3v) is 9.78. The second kappa shape index (κ2) is 29.9. The average Bonchev–Trinajstić information content (AvgIpc) is 3.26. The lowest BCUT2D eigenvalue weighted by Gasteiger charge is -2.34. The van der Waals surface area contributed by atoms with Crippen LogP contribution in [0.2, 0.25) is 0 Å². The number of ether oxygens (including phenoxy) is 8. The molecule has 0 atom stereocenters. The highest BCUT2D eigenvalue weighted by Crippen LogP contribution is 2.19. The SMILES string of the molecule is CCCCNc1nc(N)nc2ccn(Cc3ccc(CN4CCN(C(=O)CCOCCOCCOCCOCCOCCOCCOCCNC(=O)OC(C)(C)C)CC4)cc3)c(=O)c12. The van der Waals surface area contributed by atoms with E-state index in [9.17, 15) is 14.4 Å². The Hall–Kier alpha value is -4.47. The number of nitrogens with two attached hydrogens (primary N) is 1. The molecule has 2 aromatic heterocycles. The van der Waals surface area contributed by atoms with Gasteiger partial charge in [0.2, 0.25) is 11.9 Å². The quantitative estimate of drug-likeness (QED) is 0.0768. The van der Waals surface area contributed by atoms with Gasteiger partial charge in [0, 0.05) is 52.0 Å². The zero-order chi connectivity index (χ0) is 45.8. The molecule has 4 N–H and O–H groups in total. The molecule has 358 valence electrons. The number of hydrogen-bond donors (Lipinski definition) is 3. The summed E-state index contributed by atoms with van der Waals surface area (Å²) in [4.78, 5) is 50.7. The fourth-order valence-corrected chi connectivity index (χ4v) is 6.47. The van der Waals surface area contributed by atoms with Crippen molar-refractivity contribution in [2.45, 2.75) is 65.6 Å². The van der Waals surface area contributed by atoms with E-state index < -0.39 is 11.7 Å². The number of carbonyl (C=O) groups is 2. The number of rotatable bonds is 32. The lowest BCUT2D eigenvalue weighted by Crippen LogP contribution is -2.48. The third-order valence-electron chi connectivity index (χ3n) is 9.78. The van der Waals surface area contributed by atoms with E-state index in [1.807, 2.05) is 31.7 Å². The van der Waals surface area contributed by atoms with Crippen LogP contribution < -0.4 is 21.9 Å². The Kier molecular flexibility index (Phi) is 24.3. The van der Waals surface area contributed by atoms with Crippen LogP contribution in [0.4, 0.5) is 16.6 Å². The third kappa shape index (κ3) is 21.0. The Labute approximate surface area is 377 Å². The minimum absolute atomic E-state index is 0.102. The topological polar surface area (TPSA) is 212 Å². The highest BCUT2D eigenvalue weighted by atomic mass is 16.6. The minimum atomic E-state index is -0.523. The molecule has 3 aromatic rings. The number of amides is 2. The van der Waals surface area contributed by atoms with Crippen molar-refractivity contribution in [3.63, 3.8) is 0 Å². The van der Waals surface area contributed by atoms with Crippen molar-refractivity contribution in [1.29, 1.82) is 0 Å². The zero-order valence-corrected chi connectivity index (χ0v) is 38.4. The number of nitrogen functional groups attached to an aromatic ring is 1. The van der Waals surface area contributed by atoms with E-state index in [0.29, 0.717) is 148 Å². The number of fused-ring (bicyclic) bond motifs is 1. The summed E-state index contributed by atoms with van der Waals surface area (Å²) in [6.07, 6.45) is 3.61. The van der Waals surface area contributed by atoms with E-state index in [2.05, 4.69) is 56.7 Å². The predicted molar refractivity (Wildman–Crippen MR) is 244 cm³/mol. The van der Waals surface area contributed by atoms with Crippen LogP contribution in [0.25, 0.3) is 10.9 Å². The number of aromatic nitrogens is 3. The van der Waals surface area contributed by atoms with Crippen molar-refractivity contribution in [3.05, 3.63) is 58.0 Å². The maximum atomic E-state index is 13.5. The maximum Gasteiger partial charge on any atom is 0.407 e. The van der Waals surface area contributed by atoms with Gasteiger partial charge >= 0.3 is 6.09 Å². The monoisotopic (exact) mass is 901 g/mol. The number of anilines is 2. The fourth-order valence-electron chi connectivity index (χ4n) is 6.47. The van der Waals surface area contributed by atoms with Crippen LogP contribution in [0, 0.1) is 0 Å². The van der Waals surface area contributed by atoms with E-state index in [0.717, 1.165) is 38.0 Å². The van der Waals surface area contributed by atoms with Gasteiger partial charge in [0.25, 0.3) is 5.56 Å². The summed E-state index contributed by atoms with van der Waals surface area (Å²) in [6.45, 7) is 18.9. The Bertz CT molecular complexity index is 1840. The first-order valence-corrected chi connectivity index (χ1v) is 22.5. The lowest BCUT2D eigenvalue weighted by atomic mass is 10.1. The molecule has 0 bridgehead atoms. The van der Waals surface area contributed by atoms with Gasteiger partial charge in [-0.2, -0.15) is 4.98 Å². The van der Waals surface area contributed by atoms with Crippen molar-refractivity contribution >= 4 is 34.7 Å². The molecule has 1 saturated heterocycles. The van der Waals surface area contributed by atoms with Crippen molar-refractivity contribution in [3.8, 4) is 0 Å². The van der Waals surface area contributed by atoms with Gasteiger partial charge in [0.15, 0.2) is 0 Å². The molecule has 3 heterocycles. The predicted octanol–water partition coefficient (Wildman–Crippen LogP) is 3.31. The van der Waals surface area contributed by atoms with E-state index in [4.69, 9.17) is 43.6 Å². The normalized spacial score (nSPS) is 13.4. The van der Waals surface area contributed by atoms with Crippen LogP contribution in [0.3, 0.4) is 0 Å². The van der Waals surface area contributed by atoms with Gasteiger partial charge in [-0.05, 0) is 44.4 Å². The Morgan fingerprint density at radius 1 is 0.688 bits per heavy atom. The molecular weight excluding hydrogens is 829 g/mol. The maximum absolute atomic E-state index is 13.5. The number of nitrogens with one attached hydrogen (secondary N) is 2. The molecule has 0 unspecified atom stereocenters. The van der Waals surface area contributed by atoms with Crippen molar-refractivity contribution < 1.29 is 47.5 Å². The molecule has 1 aromatic carbocycles. The Balaban J connectivity index is 0.924. The zero-order valence-electron chi connectivity index (χ0n) is 38.4. The van der Waals surface area contributed by atoms with E-state index in [-0.39, 0.29) is 17.4 Å². The van der Waals surface area contributed by atoms with E-state index >= 15 is 0 Å². The Morgan fingerprint density at radius 2 is 1.20 bits per heavy atom. The summed E-state index contributed by atoms with van der Waals surface area (Å²) >= 11 is 0. The van der Waals surface area contributed by atoms with Gasteiger partial charge in [-0.15, -0.1) is 0 Å². The Morgan fingerprint density at radius 3 is 1.73 bits per heavy atom. The van der Waals surface area contributed by atoms with Gasteiger partial charge in [-0.3, -0.25) is 14.5 Å². The first-order valence-electron chi connectivity index (χ1n) is 22.5. The van der Waals surface area contributed by atoms with Gasteiger partial charge < -0.3 is 63.7 Å². The molecule has 1 fully saturated rings. The number of nitrogens with zero attached hydrogens (tertiary/aromatic N) is 5. The summed E-state index contributed by atoms with van der Waals surface area (Å²) < 4.78 is 45.4. The van der Waals surface area contributed by atoms with Crippen molar-refractivity contribution in [1.82, 2.24) is 29.7 Å². The first kappa shape index (κ1) is 52.2. The molecule has 4 rings (SSSR count). The molecule has 0 aliphatic carbocycles. The summed E-state index contributed by atoms with van der Waals surface area (Å²) in [7, 11) is 0. The molecule has 64 heavy (non-hydrogen) atoms. The summed E-state index contributed by atoms with van der Waals surface area (Å²) in [5.41, 5.74) is 7.95. The lowest BCUT2D eigenvalue weighted by molar-refractivity contribution is -0.134. The van der Waals surface area contributed by atoms with Gasteiger partial charge in [-0.25, -0.2) is 9.78 Å². The standard InChI is InChI=1S/C45H72N8O11/c1-5-6-13-47-41-40-38(49-43(46)50-41)11-15-53(42(40)55)35-37-9-7-36(8-10-37)34-51-16-18-52(19-17-51)39(54)12-20-57-22-24-59-26-28-61-30-32-63-33-31-62-29-27-60-25-23-58-21-14-48-44(56)64-45(2,3)4/h7-11,15H,5-6,12-14,16-35H2,1-4H3,(H,48,56)(H3,46,47,49,50). The number of piperazine rings is 1. The fraction of sp³-hybridized carbons (Fsp3) is 0.667. The highest BCUT2D eigenvalue weighted by Gasteiger charge is 2.21. The smallest absolute Gasteiger partial charge is 0.407 e. The van der Waals surface area contributed by atoms with E-state index in [1.54, 1.807) is 10.8 Å². The second-order valence-electron chi connectivity index (χ2n) is 16.2. The summed E-state index contributed by atoms with van der Waals surface area (Å²) in [6, 6.07) is 10.1. The first-order chi connectivity index (χ1) is 31.0. The van der Waals surface area contributed by atoms with Gasteiger partial charge in [0.1, 0.15) is 16.8 Å². The van der Waals surface area contributed by atoms with Crippen LogP contribution in [-0.2, 0) is 55.8 Å². The number of pyridine rings is 1. The number of alkyl carbamates (subject to hydrolysis) is 1. The highest BCUT2D eigenvalue weighted by molar-refractivity contribution is 5.89. The number of benzene rings is 1. The molecule has 19 nitrogen and oxygen atoms in total. The van der Waals surface area contributed by atoms with Crippen molar-refractivity contribution in [2.24, 2.45) is 0 Å². The molecule has 1 aliphatic heterocycles. The largest absolute Gasteiger partial charge is 0.444 e. The van der Waals surface area contributed by atoms with Crippen LogP contribution in [0.15, 0.2) is 41.3 Å². The molecule has 1 aliphatic rings. The molecular formula is C45H72N8O11. The van der Waals surface area contributed by atoms with Gasteiger partial charge in [-0.1, -0.05) is 37.6 Å². The minimum Gasteiger partial charge on any atom is -0.444 e. The second-order valence-corrected chi connectivity index (χ2v) is 16.2. The average molecular weight is 901 g/mol. The van der Waals surface area contributed by atoms with Crippen LogP contribution >= 0.6 is 0 Å². The summed E-state index contributed by atoms with van der Waals surface area (Å²) in [5.74, 6) is 0.715. The van der Waals surface area contributed by atoms with Gasteiger partial charge in [0.05, 0.1) is 111 Å². The van der Waals surface area contributed by atoms with Crippen molar-refractivity contribution in [2.75, 3.05) is 143 Å². The number of hydrogen-bond acceptors (Lipinski definition) is 16. The molecule has 2 amide bonds. The summed E-state index contributed by atoms with van der Waals surface area (Å²) in [5, 5.41) is 6.33. The van der Waals surface area contributed by atoms with Crippen LogP contribution in [-0.4, -0.2) is 174 Å². The van der Waals surface area contributed by atoms with Crippen LogP contribution in [0.1, 0.15) is 58.1 Å². The molecule has 0 saturated carbocycles. The molecule has 19 heteroatoms. The molecule has 0 spiro atoms. The number of carbonyl (C=O) groups excluding carboxylic acids is 2. The molecule has 0 radical (unpaired) electrons. The van der Waals surface area contributed by atoms with E-state index in [1.165, 1.54) is 5.56 Å². The van der Waals surface area contributed by atoms with Crippen LogP contribution in [0.5, 0.6) is 0 Å². The number of unbranched alkanes of at least 4 members (excludes halogenated alkanes) is 1.